The van der Waals surface area contributed by atoms with Crippen molar-refractivity contribution in [2.75, 3.05) is 0 Å². The molecule has 1 atom stereocenters. The molecule has 138 valence electrons. The van der Waals surface area contributed by atoms with Crippen molar-refractivity contribution in [2.45, 2.75) is 25.2 Å². The molecule has 0 aliphatic carbocycles. The van der Waals surface area contributed by atoms with Gasteiger partial charge in [0.2, 0.25) is 5.91 Å². The van der Waals surface area contributed by atoms with Crippen molar-refractivity contribution in [1.82, 2.24) is 0 Å². The van der Waals surface area contributed by atoms with Crippen molar-refractivity contribution in [3.8, 4) is 0 Å². The van der Waals surface area contributed by atoms with Crippen LogP contribution in [0.1, 0.15) is 29.5 Å². The van der Waals surface area contributed by atoms with E-state index in [1.165, 1.54) is 0 Å². The molecule has 4 N–H and O–H groups in total. The summed E-state index contributed by atoms with van der Waals surface area (Å²) < 4.78 is 107. The topological polar surface area (TPSA) is 118 Å². The van der Waals surface area contributed by atoms with Gasteiger partial charge in [-0.3, -0.25) is 13.9 Å². The smallest absolute Gasteiger partial charge is 0.369 e. The molecular formula is C11H11F6NO5S. The highest BCUT2D eigenvalue weighted by Gasteiger charge is 2.37. The summed E-state index contributed by atoms with van der Waals surface area (Å²) in [5, 5.41) is 0. The van der Waals surface area contributed by atoms with Crippen LogP contribution in [0.4, 0.5) is 26.3 Å². The van der Waals surface area contributed by atoms with Crippen molar-refractivity contribution in [2.24, 2.45) is 5.73 Å². The van der Waals surface area contributed by atoms with Gasteiger partial charge in [-0.05, 0) is 30.7 Å². The first-order chi connectivity index (χ1) is 10.4. The minimum atomic E-state index is -4.94. The lowest BCUT2D eigenvalue weighted by Gasteiger charge is -2.16. The molecular weight excluding hydrogens is 372 g/mol. The summed E-state index contributed by atoms with van der Waals surface area (Å²) in [5.41, 5.74) is 1.53. The number of carbonyl (C=O) groups excluding carboxylic acids is 1. The number of hydrogen-bond acceptors (Lipinski definition) is 3. The molecule has 0 radical (unpaired) electrons. The summed E-state index contributed by atoms with van der Waals surface area (Å²) >= 11 is 0. The molecule has 0 saturated heterocycles. The van der Waals surface area contributed by atoms with Crippen LogP contribution in [0.15, 0.2) is 18.2 Å². The molecule has 1 amide bonds. The zero-order valence-corrected chi connectivity index (χ0v) is 12.5. The Balaban J connectivity index is 0.000000922. The van der Waals surface area contributed by atoms with Crippen LogP contribution in [0, 0.1) is 0 Å². The van der Waals surface area contributed by atoms with E-state index in [-0.39, 0.29) is 6.07 Å². The lowest BCUT2D eigenvalue weighted by atomic mass is 9.95. The summed E-state index contributed by atoms with van der Waals surface area (Å²) in [5.74, 6) is -2.25. The van der Waals surface area contributed by atoms with E-state index < -0.39 is 51.3 Å². The van der Waals surface area contributed by atoms with Crippen molar-refractivity contribution in [1.29, 1.82) is 0 Å². The van der Waals surface area contributed by atoms with Crippen molar-refractivity contribution in [3.63, 3.8) is 0 Å². The maximum absolute atomic E-state index is 12.5. The summed E-state index contributed by atoms with van der Waals surface area (Å²) in [6.07, 6.45) is -9.87. The number of hydrogen-bond donors (Lipinski definition) is 3. The summed E-state index contributed by atoms with van der Waals surface area (Å²) in [4.78, 5) is 10.9. The molecule has 0 aliphatic rings. The Morgan fingerprint density at radius 2 is 1.29 bits per heavy atom. The Kier molecular flexibility index (Phi) is 6.79. The Bertz CT molecular complexity index is 658. The Hall–Kier alpha value is -1.86. The van der Waals surface area contributed by atoms with Crippen LogP contribution in [0.25, 0.3) is 0 Å². The molecule has 1 aromatic carbocycles. The van der Waals surface area contributed by atoms with E-state index in [0.717, 1.165) is 6.92 Å². The summed E-state index contributed by atoms with van der Waals surface area (Å²) in [7, 11) is -4.67. The van der Waals surface area contributed by atoms with E-state index in [9.17, 15) is 31.1 Å². The van der Waals surface area contributed by atoms with Crippen LogP contribution in [0.2, 0.25) is 0 Å². The quantitative estimate of drug-likeness (QED) is 0.536. The summed E-state index contributed by atoms with van der Waals surface area (Å²) in [6.45, 7) is 1.14. The Morgan fingerprint density at radius 1 is 1.00 bits per heavy atom. The second kappa shape index (κ2) is 7.36. The molecule has 1 aromatic rings. The first kappa shape index (κ1) is 22.1. The minimum Gasteiger partial charge on any atom is -0.369 e. The van der Waals surface area contributed by atoms with Gasteiger partial charge in [0.25, 0.3) is 0 Å². The fourth-order valence-corrected chi connectivity index (χ4v) is 1.39. The number of alkyl halides is 6. The van der Waals surface area contributed by atoms with E-state index in [2.05, 4.69) is 0 Å². The predicted octanol–water partition coefficient (Wildman–Crippen LogP) is 2.66. The van der Waals surface area contributed by atoms with Gasteiger partial charge in [0.15, 0.2) is 0 Å². The van der Waals surface area contributed by atoms with Gasteiger partial charge in [-0.1, -0.05) is 0 Å². The molecule has 13 heteroatoms. The van der Waals surface area contributed by atoms with Gasteiger partial charge >= 0.3 is 22.8 Å². The molecule has 6 nitrogen and oxygen atoms in total. The third-order valence-electron chi connectivity index (χ3n) is 2.54. The average Bonchev–Trinajstić information content (AvgIpc) is 2.33. The van der Waals surface area contributed by atoms with Crippen molar-refractivity contribution in [3.05, 3.63) is 34.9 Å². The second-order valence-corrected chi connectivity index (χ2v) is 5.31. The van der Waals surface area contributed by atoms with Gasteiger partial charge < -0.3 is 5.73 Å². The zero-order valence-electron chi connectivity index (χ0n) is 11.7. The van der Waals surface area contributed by atoms with Crippen molar-refractivity contribution < 1.29 is 48.7 Å². The average molecular weight is 383 g/mol. The van der Waals surface area contributed by atoms with Crippen molar-refractivity contribution >= 4 is 16.3 Å². The molecule has 0 spiro atoms. The van der Waals surface area contributed by atoms with Crippen LogP contribution in [0.3, 0.4) is 0 Å². The third-order valence-corrected chi connectivity index (χ3v) is 2.54. The van der Waals surface area contributed by atoms with Gasteiger partial charge in [-0.15, -0.1) is 0 Å². The van der Waals surface area contributed by atoms with Crippen LogP contribution in [0.5, 0.6) is 0 Å². The lowest BCUT2D eigenvalue weighted by Crippen LogP contribution is -2.20. The van der Waals surface area contributed by atoms with Crippen LogP contribution < -0.4 is 5.73 Å². The van der Waals surface area contributed by atoms with E-state index in [0.29, 0.717) is 12.1 Å². The van der Waals surface area contributed by atoms with Gasteiger partial charge in [0.1, 0.15) is 0 Å². The highest BCUT2D eigenvalue weighted by atomic mass is 32.3. The van der Waals surface area contributed by atoms with Gasteiger partial charge in [-0.25, -0.2) is 0 Å². The van der Waals surface area contributed by atoms with Gasteiger partial charge in [0.05, 0.1) is 17.0 Å². The number of primary amides is 1. The molecule has 0 heterocycles. The van der Waals surface area contributed by atoms with E-state index >= 15 is 0 Å². The number of nitrogens with two attached hydrogens (primary N) is 1. The largest absolute Gasteiger partial charge is 0.416 e. The molecule has 0 aromatic heterocycles. The number of halogens is 6. The Morgan fingerprint density at radius 3 is 1.50 bits per heavy atom. The molecule has 0 fully saturated rings. The second-order valence-electron chi connectivity index (χ2n) is 4.41. The maximum Gasteiger partial charge on any atom is 0.416 e. The minimum absolute atomic E-state index is 0.00276. The summed E-state index contributed by atoms with van der Waals surface area (Å²) in [6, 6.07) is 0.979. The standard InChI is InChI=1S/C11H9F6NO.H2O4S/c1-5(9(18)19)6-2-7(10(12,13)14)4-8(3-6)11(15,16)17;1-5(2,3)4/h2-5H,1H3,(H2,18,19);(H2,1,2,3,4)/t5-;/m1./s1. The number of carbonyl (C=O) groups is 1. The zero-order chi connectivity index (χ0) is 19.5. The number of benzene rings is 1. The van der Waals surface area contributed by atoms with E-state index in [1.54, 1.807) is 0 Å². The number of amides is 1. The Labute approximate surface area is 131 Å². The van der Waals surface area contributed by atoms with Crippen LogP contribution in [-0.2, 0) is 27.5 Å². The predicted molar refractivity (Wildman–Crippen MR) is 68.2 cm³/mol. The molecule has 1 rings (SSSR count). The van der Waals surface area contributed by atoms with Gasteiger partial charge in [-0.2, -0.15) is 34.8 Å². The first-order valence-corrected chi connectivity index (χ1v) is 7.11. The first-order valence-electron chi connectivity index (χ1n) is 5.71. The van der Waals surface area contributed by atoms with E-state index in [4.69, 9.17) is 23.3 Å². The van der Waals surface area contributed by atoms with Gasteiger partial charge in [0, 0.05) is 0 Å². The normalized spacial score (nSPS) is 13.7. The third kappa shape index (κ3) is 8.12. The fraction of sp³-hybridized carbons (Fsp3) is 0.364. The van der Waals surface area contributed by atoms with E-state index in [1.807, 2.05) is 0 Å². The monoisotopic (exact) mass is 383 g/mol. The molecule has 24 heavy (non-hydrogen) atoms. The highest BCUT2D eigenvalue weighted by molar-refractivity contribution is 7.79. The molecule has 0 bridgehead atoms. The van der Waals surface area contributed by atoms with Crippen LogP contribution in [-0.4, -0.2) is 23.4 Å². The molecule has 0 unspecified atom stereocenters. The maximum atomic E-state index is 12.5. The molecule has 0 aliphatic heterocycles. The fourth-order valence-electron chi connectivity index (χ4n) is 1.39. The molecule has 0 saturated carbocycles. The number of rotatable bonds is 2. The SMILES string of the molecule is C[C@@H](C(N)=O)c1cc(C(F)(F)F)cc(C(F)(F)F)c1.O=S(=O)(O)O. The van der Waals surface area contributed by atoms with Crippen LogP contribution >= 0.6 is 0 Å². The lowest BCUT2D eigenvalue weighted by molar-refractivity contribution is -0.143. The highest BCUT2D eigenvalue weighted by Crippen LogP contribution is 2.37.